The summed E-state index contributed by atoms with van der Waals surface area (Å²) in [6.07, 6.45) is 18.2. The van der Waals surface area contributed by atoms with Crippen LogP contribution in [0.2, 0.25) is 0 Å². The number of nitrogens with one attached hydrogen (secondary N) is 6. The van der Waals surface area contributed by atoms with Crippen molar-refractivity contribution in [2.24, 2.45) is 11.5 Å². The molecule has 3 atom stereocenters. The molecule has 0 bridgehead atoms. The number of carbonyl (C=O) groups excluding carboxylic acids is 13. The number of fused-ring (bicyclic) bond motifs is 3. The number of benzene rings is 3. The number of imide groups is 6. The molecule has 0 radical (unpaired) electrons. The first-order valence-corrected chi connectivity index (χ1v) is 32.1. The summed E-state index contributed by atoms with van der Waals surface area (Å²) in [6.45, 7) is 11.4. The Labute approximate surface area is 535 Å². The van der Waals surface area contributed by atoms with Gasteiger partial charge in [-0.3, -0.25) is 88.2 Å². The third kappa shape index (κ3) is 19.4. The van der Waals surface area contributed by atoms with Crippen LogP contribution in [0.15, 0.2) is 54.6 Å². The van der Waals surface area contributed by atoms with Crippen molar-refractivity contribution >= 4 is 88.4 Å². The lowest BCUT2D eigenvalue weighted by Crippen LogP contribution is -2.54. The molecule has 498 valence electrons. The van der Waals surface area contributed by atoms with Gasteiger partial charge in [-0.15, -0.1) is 0 Å². The Bertz CT molecular complexity index is 3110. The van der Waals surface area contributed by atoms with Crippen LogP contribution in [0.3, 0.4) is 0 Å². The lowest BCUT2D eigenvalue weighted by Gasteiger charge is -2.27. The Hall–Kier alpha value is -8.78. The van der Waals surface area contributed by atoms with E-state index in [1.165, 1.54) is 50.7 Å². The molecule has 3 saturated heterocycles. The van der Waals surface area contributed by atoms with E-state index in [0.717, 1.165) is 98.1 Å². The van der Waals surface area contributed by atoms with Gasteiger partial charge < -0.3 is 32.2 Å². The number of piperidine rings is 3. The van der Waals surface area contributed by atoms with Crippen molar-refractivity contribution in [2.45, 2.75) is 193 Å². The maximum absolute atomic E-state index is 13.7. The number of anilines is 2. The van der Waals surface area contributed by atoms with Crippen LogP contribution in [0.1, 0.15) is 231 Å². The molecule has 0 spiro atoms. The SMILES string of the molecule is CC(C)(C)OC(=O)NCCCCCCCN.CCCCCCCCNc1cccc2c1C(=O)N(C1CCC(=O)NC1=O)C2=O.NCCCCCCCNc1cccc2c1C(=O)N(C1CCC(=O)NC1=O)C2=O.O=C1CCC(N2C(=O)c3cccc(F)c3C2=O)C(=O)N1. The van der Waals surface area contributed by atoms with E-state index in [0.29, 0.717) is 53.3 Å². The van der Waals surface area contributed by atoms with Gasteiger partial charge in [-0.1, -0.05) is 95.8 Å². The van der Waals surface area contributed by atoms with Gasteiger partial charge in [-0.25, -0.2) is 9.18 Å². The van der Waals surface area contributed by atoms with Gasteiger partial charge in [0.1, 0.15) is 29.5 Å². The molecule has 0 saturated carbocycles. The van der Waals surface area contributed by atoms with E-state index >= 15 is 0 Å². The highest BCUT2D eigenvalue weighted by molar-refractivity contribution is 6.27. The average molecular weight is 1280 g/mol. The third-order valence-corrected chi connectivity index (χ3v) is 15.9. The first-order chi connectivity index (χ1) is 44.0. The number of amides is 13. The van der Waals surface area contributed by atoms with E-state index in [2.05, 4.69) is 38.8 Å². The molecule has 6 aliphatic heterocycles. The predicted octanol–water partition coefficient (Wildman–Crippen LogP) is 6.92. The Morgan fingerprint density at radius 1 is 0.478 bits per heavy atom. The molecule has 3 fully saturated rings. The summed E-state index contributed by atoms with van der Waals surface area (Å²) < 4.78 is 18.8. The van der Waals surface area contributed by atoms with Crippen LogP contribution in [0.25, 0.3) is 0 Å². The molecule has 3 aromatic rings. The van der Waals surface area contributed by atoms with Gasteiger partial charge in [0, 0.05) is 50.3 Å². The van der Waals surface area contributed by atoms with E-state index in [1.54, 1.807) is 36.4 Å². The van der Waals surface area contributed by atoms with Gasteiger partial charge in [0.05, 0.1) is 33.4 Å². The topological polar surface area (TPSA) is 365 Å². The van der Waals surface area contributed by atoms with E-state index in [9.17, 15) is 66.7 Å². The Morgan fingerprint density at radius 3 is 1.17 bits per heavy atom. The Balaban J connectivity index is 0.000000200. The second kappa shape index (κ2) is 35.1. The zero-order chi connectivity index (χ0) is 67.1. The standard InChI is InChI=1S/C21H27N3O4.C20H26N4O4.C13H9FN2O4.C12H26N2O2/c1-2-3-4-5-6-7-13-22-15-10-8-9-14-18(15)21(28)24(20(14)27)16-11-12-17(25)23-19(16)26;21-11-4-2-1-3-5-12-22-14-8-6-7-13-17(14)20(28)24(19(13)27)15-9-10-16(25)23-18(15)26;14-7-3-1-2-6-10(7)13(20)16(12(6)19)8-4-5-9(17)15-11(8)18;1-12(2,3)16-11(15)14-10-8-6-4-5-7-9-13/h8-10,16,22H,2-7,11-13H2,1H3,(H,23,25,26);6-8,15,22H,1-5,9-12,21H2,(H,23,25,26);1-3,8H,4-5H2,(H,15,17,18);4-10,13H2,1-3H3,(H,14,15). The van der Waals surface area contributed by atoms with Gasteiger partial charge in [-0.05, 0) is 122 Å². The minimum absolute atomic E-state index is 0.0340. The number of unbranched alkanes of at least 4 members (excludes halogenated alkanes) is 13. The third-order valence-electron chi connectivity index (χ3n) is 15.9. The molecule has 25 nitrogen and oxygen atoms in total. The zero-order valence-corrected chi connectivity index (χ0v) is 53.1. The van der Waals surface area contributed by atoms with Gasteiger partial charge >= 0.3 is 6.09 Å². The number of rotatable bonds is 26. The van der Waals surface area contributed by atoms with Crippen LogP contribution in [0.4, 0.5) is 20.6 Å². The summed E-state index contributed by atoms with van der Waals surface area (Å²) in [7, 11) is 0. The van der Waals surface area contributed by atoms with Gasteiger partial charge in [0.2, 0.25) is 35.4 Å². The van der Waals surface area contributed by atoms with Crippen molar-refractivity contribution in [3.8, 4) is 0 Å². The van der Waals surface area contributed by atoms with E-state index in [4.69, 9.17) is 16.2 Å². The molecular formula is C66H88FN11O14. The van der Waals surface area contributed by atoms with Crippen molar-refractivity contribution in [1.82, 2.24) is 36.0 Å². The quantitative estimate of drug-likeness (QED) is 0.0299. The van der Waals surface area contributed by atoms with E-state index in [-0.39, 0.29) is 67.6 Å². The zero-order valence-electron chi connectivity index (χ0n) is 53.1. The monoisotopic (exact) mass is 1280 g/mol. The molecule has 26 heteroatoms. The van der Waals surface area contributed by atoms with Crippen molar-refractivity contribution in [3.63, 3.8) is 0 Å². The van der Waals surface area contributed by atoms with Crippen LogP contribution < -0.4 is 43.4 Å². The number of hydrogen-bond acceptors (Lipinski definition) is 18. The molecule has 0 aromatic heterocycles. The van der Waals surface area contributed by atoms with Crippen LogP contribution in [0.5, 0.6) is 0 Å². The fourth-order valence-corrected chi connectivity index (χ4v) is 11.3. The molecular weight excluding hydrogens is 1190 g/mol. The minimum atomic E-state index is -1.07. The highest BCUT2D eigenvalue weighted by Gasteiger charge is 2.48. The molecule has 10 N–H and O–H groups in total. The van der Waals surface area contributed by atoms with Crippen molar-refractivity contribution in [1.29, 1.82) is 0 Å². The maximum atomic E-state index is 13.7. The van der Waals surface area contributed by atoms with E-state index in [1.807, 2.05) is 20.8 Å². The van der Waals surface area contributed by atoms with Crippen molar-refractivity contribution in [2.75, 3.05) is 43.4 Å². The maximum Gasteiger partial charge on any atom is 0.407 e. The molecule has 13 amide bonds. The number of nitrogens with zero attached hydrogens (tertiary/aromatic N) is 3. The molecule has 9 rings (SSSR count). The molecule has 92 heavy (non-hydrogen) atoms. The van der Waals surface area contributed by atoms with Crippen LogP contribution in [0, 0.1) is 5.82 Å². The number of ether oxygens (including phenoxy) is 1. The van der Waals surface area contributed by atoms with E-state index < -0.39 is 88.6 Å². The summed E-state index contributed by atoms with van der Waals surface area (Å²) in [5.41, 5.74) is 12.6. The fraction of sp³-hybridized carbons (Fsp3) is 0.530. The largest absolute Gasteiger partial charge is 0.444 e. The normalized spacial score (nSPS) is 18.3. The van der Waals surface area contributed by atoms with Crippen LogP contribution in [-0.2, 0) is 33.5 Å². The first kappa shape index (κ1) is 72.3. The lowest BCUT2D eigenvalue weighted by molar-refractivity contribution is -0.137. The first-order valence-electron chi connectivity index (χ1n) is 32.1. The summed E-state index contributed by atoms with van der Waals surface area (Å²) in [5.74, 6) is -7.37. The van der Waals surface area contributed by atoms with Crippen molar-refractivity contribution in [3.05, 3.63) is 93.8 Å². The molecule has 6 heterocycles. The lowest BCUT2D eigenvalue weighted by atomic mass is 10.0. The summed E-state index contributed by atoms with van der Waals surface area (Å²) in [6, 6.07) is 11.0. The van der Waals surface area contributed by atoms with Gasteiger partial charge in [0.15, 0.2) is 0 Å². The molecule has 3 aromatic carbocycles. The average Bonchev–Trinajstić information content (AvgIpc) is 1.63. The Kier molecular flexibility index (Phi) is 27.6. The smallest absolute Gasteiger partial charge is 0.407 e. The van der Waals surface area contributed by atoms with Crippen LogP contribution in [-0.4, -0.2) is 148 Å². The minimum Gasteiger partial charge on any atom is -0.444 e. The number of halogens is 1. The summed E-state index contributed by atoms with van der Waals surface area (Å²) in [5, 5.41) is 15.8. The predicted molar refractivity (Wildman–Crippen MR) is 338 cm³/mol. The second-order valence-corrected chi connectivity index (χ2v) is 24.1. The summed E-state index contributed by atoms with van der Waals surface area (Å²) in [4.78, 5) is 160. The number of alkyl carbamates (subject to hydrolysis) is 1. The van der Waals surface area contributed by atoms with Gasteiger partial charge in [0.25, 0.3) is 35.4 Å². The molecule has 6 aliphatic rings. The highest BCUT2D eigenvalue weighted by Crippen LogP contribution is 2.35. The molecule has 0 aliphatic carbocycles. The Morgan fingerprint density at radius 2 is 0.815 bits per heavy atom. The van der Waals surface area contributed by atoms with Crippen molar-refractivity contribution < 1.29 is 71.5 Å². The number of carbonyl (C=O) groups is 13. The second-order valence-electron chi connectivity index (χ2n) is 24.1. The summed E-state index contributed by atoms with van der Waals surface area (Å²) >= 11 is 0. The fourth-order valence-electron chi connectivity index (χ4n) is 11.3. The number of hydrogen-bond donors (Lipinski definition) is 8. The molecule has 3 unspecified atom stereocenters. The highest BCUT2D eigenvalue weighted by atomic mass is 19.1. The van der Waals surface area contributed by atoms with Gasteiger partial charge in [-0.2, -0.15) is 0 Å². The number of nitrogens with two attached hydrogens (primary N) is 2. The van der Waals surface area contributed by atoms with Crippen LogP contribution >= 0.6 is 0 Å².